The minimum atomic E-state index is -2.81. The SMILES string of the molecule is C[C@H](S[C@H](C)c1ccc(OC(F)F)cc1)C(=O)N(C)C. The fourth-order valence-corrected chi connectivity index (χ4v) is 2.98. The highest BCUT2D eigenvalue weighted by molar-refractivity contribution is 8.00. The van der Waals surface area contributed by atoms with E-state index in [0.717, 1.165) is 5.56 Å². The number of alkyl halides is 2. The van der Waals surface area contributed by atoms with Crippen LogP contribution in [0.4, 0.5) is 8.78 Å². The van der Waals surface area contributed by atoms with Gasteiger partial charge in [-0.25, -0.2) is 0 Å². The summed E-state index contributed by atoms with van der Waals surface area (Å²) in [7, 11) is 3.45. The molecule has 1 aromatic rings. The molecule has 0 aliphatic heterocycles. The molecule has 1 aromatic carbocycles. The molecule has 0 aromatic heterocycles. The molecule has 0 aliphatic rings. The van der Waals surface area contributed by atoms with Crippen molar-refractivity contribution in [2.75, 3.05) is 14.1 Å². The average Bonchev–Trinajstić information content (AvgIpc) is 2.37. The molecule has 0 fully saturated rings. The molecule has 1 rings (SSSR count). The second-order valence-electron chi connectivity index (χ2n) is 4.60. The van der Waals surface area contributed by atoms with Crippen molar-refractivity contribution in [1.82, 2.24) is 4.90 Å². The van der Waals surface area contributed by atoms with Crippen molar-refractivity contribution in [2.24, 2.45) is 0 Å². The van der Waals surface area contributed by atoms with Crippen LogP contribution in [0.5, 0.6) is 5.75 Å². The number of hydrogen-bond acceptors (Lipinski definition) is 3. The van der Waals surface area contributed by atoms with Gasteiger partial charge in [-0.2, -0.15) is 8.78 Å². The van der Waals surface area contributed by atoms with Crippen LogP contribution in [0.15, 0.2) is 24.3 Å². The van der Waals surface area contributed by atoms with Crippen LogP contribution >= 0.6 is 11.8 Å². The van der Waals surface area contributed by atoms with E-state index in [1.807, 2.05) is 13.8 Å². The molecule has 0 heterocycles. The molecular weight excluding hydrogens is 284 g/mol. The first-order chi connectivity index (χ1) is 9.31. The van der Waals surface area contributed by atoms with Gasteiger partial charge < -0.3 is 9.64 Å². The standard InChI is InChI=1S/C14H19F2NO2S/c1-9(20-10(2)13(18)17(3)4)11-5-7-12(8-6-11)19-14(15)16/h5-10,14H,1-4H3/t9-,10+/m1/s1. The van der Waals surface area contributed by atoms with Crippen LogP contribution in [0.25, 0.3) is 0 Å². The molecule has 112 valence electrons. The summed E-state index contributed by atoms with van der Waals surface area (Å²) < 4.78 is 28.4. The number of halogens is 2. The molecule has 0 radical (unpaired) electrons. The summed E-state index contributed by atoms with van der Waals surface area (Å²) in [5.41, 5.74) is 0.968. The Bertz CT molecular complexity index is 437. The van der Waals surface area contributed by atoms with Crippen LogP contribution in [0.1, 0.15) is 24.7 Å². The predicted molar refractivity (Wildman–Crippen MR) is 77.2 cm³/mol. The number of amides is 1. The number of ether oxygens (including phenoxy) is 1. The highest BCUT2D eigenvalue weighted by Gasteiger charge is 2.19. The van der Waals surface area contributed by atoms with Crippen molar-refractivity contribution in [3.05, 3.63) is 29.8 Å². The fraction of sp³-hybridized carbons (Fsp3) is 0.500. The Kier molecular flexibility index (Phi) is 6.26. The van der Waals surface area contributed by atoms with Crippen LogP contribution in [-0.2, 0) is 4.79 Å². The van der Waals surface area contributed by atoms with Gasteiger partial charge in [0.15, 0.2) is 0 Å². The van der Waals surface area contributed by atoms with Gasteiger partial charge in [0.1, 0.15) is 5.75 Å². The van der Waals surface area contributed by atoms with Gasteiger partial charge in [0, 0.05) is 19.3 Å². The predicted octanol–water partition coefficient (Wildman–Crippen LogP) is 3.56. The van der Waals surface area contributed by atoms with Gasteiger partial charge in [0.2, 0.25) is 5.91 Å². The summed E-state index contributed by atoms with van der Waals surface area (Å²) in [5, 5.41) is -0.0634. The molecule has 6 heteroatoms. The second kappa shape index (κ2) is 7.47. The Hall–Kier alpha value is -1.30. The maximum Gasteiger partial charge on any atom is 0.387 e. The Balaban J connectivity index is 2.63. The molecule has 0 saturated carbocycles. The van der Waals surface area contributed by atoms with E-state index in [0.29, 0.717) is 0 Å². The topological polar surface area (TPSA) is 29.5 Å². The van der Waals surface area contributed by atoms with E-state index >= 15 is 0 Å². The largest absolute Gasteiger partial charge is 0.435 e. The molecule has 0 saturated heterocycles. The van der Waals surface area contributed by atoms with Crippen molar-refractivity contribution >= 4 is 17.7 Å². The summed E-state index contributed by atoms with van der Waals surface area (Å²) in [6, 6.07) is 6.50. The molecule has 1 amide bonds. The zero-order chi connectivity index (χ0) is 15.3. The maximum atomic E-state index is 12.0. The van der Waals surface area contributed by atoms with E-state index in [2.05, 4.69) is 4.74 Å². The average molecular weight is 303 g/mol. The maximum absolute atomic E-state index is 12.0. The van der Waals surface area contributed by atoms with E-state index in [-0.39, 0.29) is 22.2 Å². The number of carbonyl (C=O) groups is 1. The molecule has 0 unspecified atom stereocenters. The van der Waals surface area contributed by atoms with Crippen LogP contribution < -0.4 is 4.74 Å². The van der Waals surface area contributed by atoms with Gasteiger partial charge in [-0.3, -0.25) is 4.79 Å². The first-order valence-corrected chi connectivity index (χ1v) is 7.17. The van der Waals surface area contributed by atoms with E-state index in [4.69, 9.17) is 0 Å². The smallest absolute Gasteiger partial charge is 0.387 e. The fourth-order valence-electron chi connectivity index (χ4n) is 1.73. The number of nitrogens with zero attached hydrogens (tertiary/aromatic N) is 1. The van der Waals surface area contributed by atoms with Gasteiger partial charge in [-0.1, -0.05) is 12.1 Å². The Morgan fingerprint density at radius 1 is 1.20 bits per heavy atom. The van der Waals surface area contributed by atoms with E-state index in [9.17, 15) is 13.6 Å². The lowest BCUT2D eigenvalue weighted by molar-refractivity contribution is -0.127. The monoisotopic (exact) mass is 303 g/mol. The van der Waals surface area contributed by atoms with Gasteiger partial charge in [-0.15, -0.1) is 11.8 Å². The van der Waals surface area contributed by atoms with Gasteiger partial charge in [0.25, 0.3) is 0 Å². The number of benzene rings is 1. The molecule has 0 spiro atoms. The number of thioether (sulfide) groups is 1. The lowest BCUT2D eigenvalue weighted by Crippen LogP contribution is -2.30. The number of hydrogen-bond donors (Lipinski definition) is 0. The summed E-state index contributed by atoms with van der Waals surface area (Å²) >= 11 is 1.53. The van der Waals surface area contributed by atoms with Crippen LogP contribution in [0, 0.1) is 0 Å². The quantitative estimate of drug-likeness (QED) is 0.805. The Morgan fingerprint density at radius 2 is 1.75 bits per heavy atom. The summed E-state index contributed by atoms with van der Waals surface area (Å²) in [5.74, 6) is 0.192. The molecule has 20 heavy (non-hydrogen) atoms. The van der Waals surface area contributed by atoms with Gasteiger partial charge in [0.05, 0.1) is 5.25 Å². The van der Waals surface area contributed by atoms with Crippen molar-refractivity contribution in [2.45, 2.75) is 31.0 Å². The van der Waals surface area contributed by atoms with Gasteiger partial charge in [-0.05, 0) is 31.5 Å². The molecule has 0 aliphatic carbocycles. The van der Waals surface area contributed by atoms with E-state index in [1.165, 1.54) is 23.9 Å². The van der Waals surface area contributed by atoms with E-state index in [1.54, 1.807) is 31.1 Å². The van der Waals surface area contributed by atoms with Crippen LogP contribution in [0.3, 0.4) is 0 Å². The third-order valence-corrected chi connectivity index (χ3v) is 4.06. The number of carbonyl (C=O) groups excluding carboxylic acids is 1. The first-order valence-electron chi connectivity index (χ1n) is 6.22. The minimum absolute atomic E-state index is 0.0551. The van der Waals surface area contributed by atoms with Crippen LogP contribution in [0.2, 0.25) is 0 Å². The molecule has 0 N–H and O–H groups in total. The first kappa shape index (κ1) is 16.8. The lowest BCUT2D eigenvalue weighted by atomic mass is 10.1. The third kappa shape index (κ3) is 5.00. The van der Waals surface area contributed by atoms with Crippen molar-refractivity contribution in [3.63, 3.8) is 0 Å². The van der Waals surface area contributed by atoms with Crippen molar-refractivity contribution < 1.29 is 18.3 Å². The summed E-state index contributed by atoms with van der Waals surface area (Å²) in [6.45, 7) is 1.02. The zero-order valence-corrected chi connectivity index (χ0v) is 12.8. The Morgan fingerprint density at radius 3 is 2.20 bits per heavy atom. The molecule has 0 bridgehead atoms. The second-order valence-corrected chi connectivity index (χ2v) is 6.29. The molecule has 2 atom stereocenters. The number of rotatable bonds is 6. The zero-order valence-electron chi connectivity index (χ0n) is 12.0. The summed E-state index contributed by atoms with van der Waals surface area (Å²) in [6.07, 6.45) is 0. The van der Waals surface area contributed by atoms with Gasteiger partial charge >= 0.3 is 6.61 Å². The molecular formula is C14H19F2NO2S. The molecule has 3 nitrogen and oxygen atoms in total. The Labute approximate surface area is 122 Å². The summed E-state index contributed by atoms with van der Waals surface area (Å²) in [4.78, 5) is 13.3. The van der Waals surface area contributed by atoms with Crippen molar-refractivity contribution in [3.8, 4) is 5.75 Å². The van der Waals surface area contributed by atoms with Crippen LogP contribution in [-0.4, -0.2) is 36.8 Å². The van der Waals surface area contributed by atoms with E-state index < -0.39 is 6.61 Å². The van der Waals surface area contributed by atoms with Crippen molar-refractivity contribution in [1.29, 1.82) is 0 Å². The minimum Gasteiger partial charge on any atom is -0.435 e. The highest BCUT2D eigenvalue weighted by Crippen LogP contribution is 2.33. The third-order valence-electron chi connectivity index (χ3n) is 2.77. The normalized spacial score (nSPS) is 13.9. The highest BCUT2D eigenvalue weighted by atomic mass is 32.2. The lowest BCUT2D eigenvalue weighted by Gasteiger charge is -2.20.